The molecule has 2 N–H and O–H groups in total. The highest BCUT2D eigenvalue weighted by Crippen LogP contribution is 2.29. The van der Waals surface area contributed by atoms with Crippen LogP contribution in [0.3, 0.4) is 0 Å². The van der Waals surface area contributed by atoms with E-state index in [4.69, 9.17) is 9.47 Å². The minimum Gasteiger partial charge on any atom is -0.497 e. The van der Waals surface area contributed by atoms with Gasteiger partial charge in [-0.15, -0.1) is 5.10 Å². The van der Waals surface area contributed by atoms with E-state index in [1.165, 1.54) is 0 Å². The molecule has 0 spiro atoms. The molecule has 1 atom stereocenters. The number of hydrogen-bond donors (Lipinski definition) is 2. The maximum Gasteiger partial charge on any atom is 0.260 e. The Balaban J connectivity index is 1.64. The molecule has 142 valence electrons. The molecule has 27 heavy (non-hydrogen) atoms. The van der Waals surface area contributed by atoms with Gasteiger partial charge in [-0.05, 0) is 44.9 Å². The number of H-pyrrole nitrogens is 1. The zero-order valence-corrected chi connectivity index (χ0v) is 15.7. The summed E-state index contributed by atoms with van der Waals surface area (Å²) in [5.74, 6) is 1.34. The van der Waals surface area contributed by atoms with Crippen LogP contribution >= 0.6 is 0 Å². The van der Waals surface area contributed by atoms with Gasteiger partial charge in [0, 0.05) is 29.7 Å². The quantitative estimate of drug-likeness (QED) is 0.718. The van der Waals surface area contributed by atoms with Crippen LogP contribution in [0.1, 0.15) is 55.0 Å². The van der Waals surface area contributed by atoms with Crippen molar-refractivity contribution in [2.24, 2.45) is 0 Å². The number of ether oxygens (including phenoxy) is 2. The fraction of sp³-hybridized carbons (Fsp3) is 0.421. The number of nitrogens with one attached hydrogen (secondary N) is 2. The molecule has 1 aromatic carbocycles. The number of aromatic nitrogens is 4. The molecule has 1 aliphatic heterocycles. The first-order chi connectivity index (χ1) is 13.1. The van der Waals surface area contributed by atoms with Crippen LogP contribution in [0, 0.1) is 0 Å². The van der Waals surface area contributed by atoms with Gasteiger partial charge in [0.1, 0.15) is 11.9 Å². The Morgan fingerprint density at radius 1 is 1.44 bits per heavy atom. The molecule has 8 nitrogen and oxygen atoms in total. The Morgan fingerprint density at radius 3 is 3.00 bits per heavy atom. The molecule has 1 fully saturated rings. The molecule has 1 saturated heterocycles. The predicted octanol–water partition coefficient (Wildman–Crippen LogP) is 3.45. The number of anilines is 1. The molecule has 4 rings (SSSR count). The van der Waals surface area contributed by atoms with E-state index < -0.39 is 0 Å². The summed E-state index contributed by atoms with van der Waals surface area (Å²) < 4.78 is 13.0. The first-order valence-electron chi connectivity index (χ1n) is 9.10. The van der Waals surface area contributed by atoms with E-state index in [9.17, 15) is 4.79 Å². The van der Waals surface area contributed by atoms with Gasteiger partial charge in [-0.25, -0.2) is 0 Å². The van der Waals surface area contributed by atoms with Gasteiger partial charge in [0.25, 0.3) is 5.91 Å². The number of nitrogens with zero attached hydrogens (tertiary/aromatic N) is 3. The number of amides is 1. The molecule has 0 saturated carbocycles. The zero-order valence-electron chi connectivity index (χ0n) is 15.7. The second kappa shape index (κ2) is 7.03. The average Bonchev–Trinajstić information content (AvgIpc) is 3.39. The molecule has 3 heterocycles. The number of rotatable bonds is 5. The summed E-state index contributed by atoms with van der Waals surface area (Å²) >= 11 is 0. The number of hydrogen-bond acceptors (Lipinski definition) is 5. The van der Waals surface area contributed by atoms with Crippen LogP contribution in [0.2, 0.25) is 0 Å². The van der Waals surface area contributed by atoms with Crippen molar-refractivity contribution in [1.82, 2.24) is 19.7 Å². The fourth-order valence-corrected chi connectivity index (χ4v) is 3.41. The Bertz CT molecular complexity index is 969. The van der Waals surface area contributed by atoms with Crippen molar-refractivity contribution in [2.75, 3.05) is 19.0 Å². The summed E-state index contributed by atoms with van der Waals surface area (Å²) in [5, 5.41) is 10.6. The maximum absolute atomic E-state index is 12.9. The van der Waals surface area contributed by atoms with E-state index >= 15 is 0 Å². The molecule has 3 aromatic rings. The lowest BCUT2D eigenvalue weighted by Crippen LogP contribution is -2.13. The van der Waals surface area contributed by atoms with Crippen molar-refractivity contribution in [3.05, 3.63) is 35.8 Å². The Kier molecular flexibility index (Phi) is 4.57. The maximum atomic E-state index is 12.9. The lowest BCUT2D eigenvalue weighted by Gasteiger charge is -2.09. The van der Waals surface area contributed by atoms with E-state index in [1.54, 1.807) is 7.11 Å². The van der Waals surface area contributed by atoms with E-state index in [0.29, 0.717) is 17.1 Å². The molecule has 1 amide bonds. The lowest BCUT2D eigenvalue weighted by molar-refractivity contribution is 0.102. The largest absolute Gasteiger partial charge is 0.497 e. The highest BCUT2D eigenvalue weighted by Gasteiger charge is 2.23. The third kappa shape index (κ3) is 3.28. The first kappa shape index (κ1) is 17.5. The van der Waals surface area contributed by atoms with Gasteiger partial charge >= 0.3 is 0 Å². The van der Waals surface area contributed by atoms with Crippen LogP contribution in [-0.2, 0) is 4.74 Å². The minimum atomic E-state index is -0.259. The second-order valence-corrected chi connectivity index (χ2v) is 6.93. The highest BCUT2D eigenvalue weighted by molar-refractivity contribution is 6.12. The predicted molar refractivity (Wildman–Crippen MR) is 101 cm³/mol. The number of fused-ring (bicyclic) bond motifs is 1. The zero-order chi connectivity index (χ0) is 19.0. The van der Waals surface area contributed by atoms with Gasteiger partial charge < -0.3 is 14.0 Å². The third-order valence-corrected chi connectivity index (χ3v) is 4.80. The Labute approximate surface area is 156 Å². The van der Waals surface area contributed by atoms with Crippen LogP contribution in [0.25, 0.3) is 10.9 Å². The molecule has 1 aliphatic rings. The molecule has 0 radical (unpaired) electrons. The van der Waals surface area contributed by atoms with Gasteiger partial charge in [0.2, 0.25) is 5.95 Å². The molecular formula is C19H23N5O3. The molecule has 2 aromatic heterocycles. The monoisotopic (exact) mass is 369 g/mol. The number of carbonyl (C=O) groups is 1. The van der Waals surface area contributed by atoms with Crippen molar-refractivity contribution >= 4 is 22.8 Å². The minimum absolute atomic E-state index is 0.0738. The molecule has 0 unspecified atom stereocenters. The molecule has 0 aliphatic carbocycles. The van der Waals surface area contributed by atoms with Crippen LogP contribution < -0.4 is 10.1 Å². The van der Waals surface area contributed by atoms with E-state index in [1.807, 2.05) is 24.4 Å². The summed E-state index contributed by atoms with van der Waals surface area (Å²) in [6.45, 7) is 4.88. The highest BCUT2D eigenvalue weighted by atomic mass is 16.5. The van der Waals surface area contributed by atoms with Crippen molar-refractivity contribution in [1.29, 1.82) is 0 Å². The van der Waals surface area contributed by atoms with E-state index in [0.717, 1.165) is 30.4 Å². The standard InChI is InChI=1S/C19H23N5O3/c1-11(2)24-10-14(13-9-12(26-3)6-7-15(13)24)18(25)21-19-20-17(22-23-19)16-5-4-8-27-16/h6-7,9-11,16H,4-5,8H2,1-3H3,(H2,20,21,22,23,25)/t16-/m0/s1. The summed E-state index contributed by atoms with van der Waals surface area (Å²) in [6, 6.07) is 5.95. The van der Waals surface area contributed by atoms with Crippen LogP contribution in [0.4, 0.5) is 5.95 Å². The van der Waals surface area contributed by atoms with E-state index in [-0.39, 0.29) is 24.0 Å². The molecule has 8 heteroatoms. The van der Waals surface area contributed by atoms with Crippen LogP contribution in [-0.4, -0.2) is 39.4 Å². The van der Waals surface area contributed by atoms with Crippen LogP contribution in [0.15, 0.2) is 24.4 Å². The second-order valence-electron chi connectivity index (χ2n) is 6.93. The Hall–Kier alpha value is -2.87. The third-order valence-electron chi connectivity index (χ3n) is 4.80. The fourth-order valence-electron chi connectivity index (χ4n) is 3.41. The van der Waals surface area contributed by atoms with Crippen LogP contribution in [0.5, 0.6) is 5.75 Å². The first-order valence-corrected chi connectivity index (χ1v) is 9.10. The Morgan fingerprint density at radius 2 is 2.30 bits per heavy atom. The summed E-state index contributed by atoms with van der Waals surface area (Å²) in [4.78, 5) is 17.3. The van der Waals surface area contributed by atoms with Gasteiger partial charge in [-0.1, -0.05) is 0 Å². The van der Waals surface area contributed by atoms with Crippen molar-refractivity contribution in [3.63, 3.8) is 0 Å². The van der Waals surface area contributed by atoms with Crippen molar-refractivity contribution < 1.29 is 14.3 Å². The number of carbonyl (C=O) groups excluding carboxylic acids is 1. The molecule has 0 bridgehead atoms. The van der Waals surface area contributed by atoms with Gasteiger partial charge in [-0.2, -0.15) is 4.98 Å². The van der Waals surface area contributed by atoms with Crippen molar-refractivity contribution in [2.45, 2.75) is 38.8 Å². The van der Waals surface area contributed by atoms with Gasteiger partial charge in [0.15, 0.2) is 5.82 Å². The smallest absolute Gasteiger partial charge is 0.260 e. The van der Waals surface area contributed by atoms with Gasteiger partial charge in [0.05, 0.1) is 12.7 Å². The van der Waals surface area contributed by atoms with E-state index in [2.05, 4.69) is 38.9 Å². The summed E-state index contributed by atoms with van der Waals surface area (Å²) in [6.07, 6.45) is 3.70. The number of methoxy groups -OCH3 is 1. The molecular weight excluding hydrogens is 346 g/mol. The summed E-state index contributed by atoms with van der Waals surface area (Å²) in [7, 11) is 1.61. The van der Waals surface area contributed by atoms with Gasteiger partial charge in [-0.3, -0.25) is 15.2 Å². The lowest BCUT2D eigenvalue weighted by atomic mass is 10.1. The van der Waals surface area contributed by atoms with Crippen molar-refractivity contribution in [3.8, 4) is 5.75 Å². The topological polar surface area (TPSA) is 94.1 Å². The average molecular weight is 369 g/mol. The number of benzene rings is 1. The number of aromatic amines is 1. The SMILES string of the molecule is COc1ccc2c(c1)c(C(=O)Nc1n[nH]c([C@@H]3CCCO3)n1)cn2C(C)C. The normalized spacial score (nSPS) is 17.0. The summed E-state index contributed by atoms with van der Waals surface area (Å²) in [5.41, 5.74) is 1.53.